The fourth-order valence-electron chi connectivity index (χ4n) is 3.35. The zero-order valence-corrected chi connectivity index (χ0v) is 18.3. The number of hydrogen-bond donors (Lipinski definition) is 1. The molecule has 6 heteroatoms. The van der Waals surface area contributed by atoms with E-state index in [0.717, 1.165) is 59.4 Å². The number of methoxy groups -OCH3 is 2. The van der Waals surface area contributed by atoms with Gasteiger partial charge in [-0.3, -0.25) is 0 Å². The molecule has 3 aromatic rings. The lowest BCUT2D eigenvalue weighted by molar-refractivity contribution is 0.340. The molecule has 2 aromatic carbocycles. The number of nitrogens with one attached hydrogen (secondary N) is 1. The van der Waals surface area contributed by atoms with Crippen LogP contribution in [-0.4, -0.2) is 30.4 Å². The summed E-state index contributed by atoms with van der Waals surface area (Å²) in [6.45, 7) is 6.41. The highest BCUT2D eigenvalue weighted by Crippen LogP contribution is 2.29. The highest BCUT2D eigenvalue weighted by molar-refractivity contribution is 5.62. The number of unbranched alkanes of at least 4 members (excludes halogenated alkanes) is 1. The van der Waals surface area contributed by atoms with E-state index in [1.54, 1.807) is 14.2 Å². The topological polar surface area (TPSA) is 57.5 Å². The van der Waals surface area contributed by atoms with Crippen LogP contribution in [0.2, 0.25) is 0 Å². The molecule has 0 spiro atoms. The van der Waals surface area contributed by atoms with Crippen LogP contribution < -0.4 is 19.5 Å². The van der Waals surface area contributed by atoms with Crippen LogP contribution in [-0.2, 0) is 13.1 Å². The van der Waals surface area contributed by atoms with E-state index >= 15 is 0 Å². The molecular weight excluding hydrogens is 378 g/mol. The minimum absolute atomic E-state index is 0.645. The number of anilines is 1. The molecule has 3 rings (SSSR count). The Hall–Kier alpha value is -3.15. The van der Waals surface area contributed by atoms with Crippen molar-refractivity contribution in [1.82, 2.24) is 9.55 Å². The predicted molar refractivity (Wildman–Crippen MR) is 121 cm³/mol. The molecule has 0 aliphatic heterocycles. The standard InChI is InChI=1S/C24H31N3O3/c1-5-7-14-27-21(19-9-11-20(12-10-19)30-6-2)17-26-24(27)25-16-18-8-13-22(28-3)23(15-18)29-4/h8-13,15,17H,5-7,14,16H2,1-4H3,(H,25,26). The molecule has 1 aromatic heterocycles. The molecule has 0 radical (unpaired) electrons. The van der Waals surface area contributed by atoms with Gasteiger partial charge in [0.1, 0.15) is 5.75 Å². The average Bonchev–Trinajstić information content (AvgIpc) is 3.19. The van der Waals surface area contributed by atoms with E-state index in [2.05, 4.69) is 33.9 Å². The molecule has 160 valence electrons. The van der Waals surface area contributed by atoms with E-state index in [1.165, 1.54) is 0 Å². The first-order valence-electron chi connectivity index (χ1n) is 10.4. The minimum atomic E-state index is 0.645. The number of rotatable bonds is 11. The van der Waals surface area contributed by atoms with Gasteiger partial charge in [0, 0.05) is 18.7 Å². The van der Waals surface area contributed by atoms with Crippen molar-refractivity contribution in [3.8, 4) is 28.5 Å². The highest BCUT2D eigenvalue weighted by Gasteiger charge is 2.12. The third-order valence-corrected chi connectivity index (χ3v) is 4.95. The molecule has 6 nitrogen and oxygen atoms in total. The molecule has 0 saturated heterocycles. The number of aromatic nitrogens is 2. The molecule has 0 atom stereocenters. The molecule has 0 saturated carbocycles. The molecule has 0 amide bonds. The molecule has 0 aliphatic carbocycles. The van der Waals surface area contributed by atoms with Crippen molar-refractivity contribution in [2.45, 2.75) is 39.8 Å². The second kappa shape index (κ2) is 10.6. The lowest BCUT2D eigenvalue weighted by Gasteiger charge is -2.14. The van der Waals surface area contributed by atoms with Crippen LogP contribution in [0.4, 0.5) is 5.95 Å². The zero-order valence-electron chi connectivity index (χ0n) is 18.3. The Kier molecular flexibility index (Phi) is 7.60. The predicted octanol–water partition coefficient (Wildman–Crippen LogP) is 5.38. The molecule has 1 heterocycles. The van der Waals surface area contributed by atoms with Gasteiger partial charge in [0.05, 0.1) is 32.7 Å². The summed E-state index contributed by atoms with van der Waals surface area (Å²) in [4.78, 5) is 4.66. The van der Waals surface area contributed by atoms with Crippen molar-refractivity contribution in [3.63, 3.8) is 0 Å². The first kappa shape index (κ1) is 21.6. The molecule has 1 N–H and O–H groups in total. The Balaban J connectivity index is 1.81. The van der Waals surface area contributed by atoms with E-state index in [9.17, 15) is 0 Å². The monoisotopic (exact) mass is 409 g/mol. The first-order chi connectivity index (χ1) is 14.7. The van der Waals surface area contributed by atoms with E-state index in [1.807, 2.05) is 43.5 Å². The Morgan fingerprint density at radius 2 is 1.73 bits per heavy atom. The highest BCUT2D eigenvalue weighted by atomic mass is 16.5. The van der Waals surface area contributed by atoms with Gasteiger partial charge in [0.2, 0.25) is 5.95 Å². The van der Waals surface area contributed by atoms with E-state index in [4.69, 9.17) is 14.2 Å². The van der Waals surface area contributed by atoms with Crippen molar-refractivity contribution >= 4 is 5.95 Å². The smallest absolute Gasteiger partial charge is 0.203 e. The van der Waals surface area contributed by atoms with Crippen LogP contribution in [0.25, 0.3) is 11.3 Å². The van der Waals surface area contributed by atoms with Crippen LogP contribution in [0.15, 0.2) is 48.7 Å². The maximum Gasteiger partial charge on any atom is 0.203 e. The van der Waals surface area contributed by atoms with E-state index in [0.29, 0.717) is 13.2 Å². The van der Waals surface area contributed by atoms with Crippen molar-refractivity contribution in [3.05, 3.63) is 54.2 Å². The molecule has 0 unspecified atom stereocenters. The normalized spacial score (nSPS) is 10.7. The summed E-state index contributed by atoms with van der Waals surface area (Å²) in [5, 5.41) is 3.48. The van der Waals surface area contributed by atoms with Gasteiger partial charge in [-0.1, -0.05) is 19.4 Å². The summed E-state index contributed by atoms with van der Waals surface area (Å²) in [6.07, 6.45) is 4.14. The van der Waals surface area contributed by atoms with E-state index in [-0.39, 0.29) is 0 Å². The van der Waals surface area contributed by atoms with Crippen LogP contribution in [0.5, 0.6) is 17.2 Å². The van der Waals surface area contributed by atoms with Gasteiger partial charge in [-0.2, -0.15) is 0 Å². The van der Waals surface area contributed by atoms with Gasteiger partial charge in [0.25, 0.3) is 0 Å². The Labute approximate surface area is 178 Å². The first-order valence-corrected chi connectivity index (χ1v) is 10.4. The quantitative estimate of drug-likeness (QED) is 0.461. The van der Waals surface area contributed by atoms with Gasteiger partial charge in [-0.05, 0) is 55.3 Å². The fraction of sp³-hybridized carbons (Fsp3) is 0.375. The van der Waals surface area contributed by atoms with Gasteiger partial charge in [-0.25, -0.2) is 4.98 Å². The third kappa shape index (κ3) is 5.06. The molecule has 30 heavy (non-hydrogen) atoms. The summed E-state index contributed by atoms with van der Waals surface area (Å²) < 4.78 is 18.5. The molecular formula is C24H31N3O3. The second-order valence-corrected chi connectivity index (χ2v) is 6.97. The van der Waals surface area contributed by atoms with Gasteiger partial charge < -0.3 is 24.1 Å². The van der Waals surface area contributed by atoms with E-state index < -0.39 is 0 Å². The lowest BCUT2D eigenvalue weighted by Crippen LogP contribution is -2.09. The van der Waals surface area contributed by atoms with Crippen molar-refractivity contribution in [1.29, 1.82) is 0 Å². The Bertz CT molecular complexity index is 935. The summed E-state index contributed by atoms with van der Waals surface area (Å²) in [5.41, 5.74) is 3.32. The largest absolute Gasteiger partial charge is 0.494 e. The number of ether oxygens (including phenoxy) is 3. The number of benzene rings is 2. The van der Waals surface area contributed by atoms with Crippen LogP contribution in [0.3, 0.4) is 0 Å². The van der Waals surface area contributed by atoms with Gasteiger partial charge in [0.15, 0.2) is 11.5 Å². The number of hydrogen-bond acceptors (Lipinski definition) is 5. The average molecular weight is 410 g/mol. The molecule has 0 aliphatic rings. The second-order valence-electron chi connectivity index (χ2n) is 6.97. The van der Waals surface area contributed by atoms with Crippen LogP contribution >= 0.6 is 0 Å². The molecule has 0 fully saturated rings. The number of imidazole rings is 1. The summed E-state index contributed by atoms with van der Waals surface area (Å²) in [6, 6.07) is 14.1. The molecule has 0 bridgehead atoms. The van der Waals surface area contributed by atoms with Gasteiger partial charge >= 0.3 is 0 Å². The van der Waals surface area contributed by atoms with Crippen molar-refractivity contribution < 1.29 is 14.2 Å². The van der Waals surface area contributed by atoms with Gasteiger partial charge in [-0.15, -0.1) is 0 Å². The Morgan fingerprint density at radius 1 is 0.967 bits per heavy atom. The number of nitrogens with zero attached hydrogens (tertiary/aromatic N) is 2. The minimum Gasteiger partial charge on any atom is -0.494 e. The lowest BCUT2D eigenvalue weighted by atomic mass is 10.1. The summed E-state index contributed by atoms with van der Waals surface area (Å²) in [7, 11) is 3.29. The third-order valence-electron chi connectivity index (χ3n) is 4.95. The zero-order chi connectivity index (χ0) is 21.3. The fourth-order valence-corrected chi connectivity index (χ4v) is 3.35. The summed E-state index contributed by atoms with van der Waals surface area (Å²) >= 11 is 0. The SMILES string of the molecule is CCCCn1c(-c2ccc(OCC)cc2)cnc1NCc1ccc(OC)c(OC)c1. The maximum atomic E-state index is 5.57. The van der Waals surface area contributed by atoms with Crippen molar-refractivity contribution in [2.24, 2.45) is 0 Å². The Morgan fingerprint density at radius 3 is 2.40 bits per heavy atom. The van der Waals surface area contributed by atoms with Crippen molar-refractivity contribution in [2.75, 3.05) is 26.1 Å². The summed E-state index contributed by atoms with van der Waals surface area (Å²) in [5.74, 6) is 3.19. The maximum absolute atomic E-state index is 5.57. The van der Waals surface area contributed by atoms with Crippen LogP contribution in [0.1, 0.15) is 32.3 Å². The van der Waals surface area contributed by atoms with Crippen LogP contribution in [0, 0.1) is 0 Å².